The Morgan fingerprint density at radius 2 is 2.25 bits per heavy atom. The minimum absolute atomic E-state index is 0.552. The molecule has 2 aromatic rings. The summed E-state index contributed by atoms with van der Waals surface area (Å²) in [7, 11) is 0. The van der Waals surface area contributed by atoms with Gasteiger partial charge < -0.3 is 0 Å². The maximum absolute atomic E-state index is 8.68. The summed E-state index contributed by atoms with van der Waals surface area (Å²) in [5, 5.41) is 8.68. The second-order valence-electron chi connectivity index (χ2n) is 3.35. The fourth-order valence-corrected chi connectivity index (χ4v) is 2.07. The molecule has 0 aliphatic carbocycles. The molecule has 3 nitrogen and oxygen atoms in total. The molecule has 0 unspecified atom stereocenters. The number of hydrogen-bond donors (Lipinski definition) is 0. The number of rotatable bonds is 2. The predicted molar refractivity (Wildman–Crippen MR) is 64.8 cm³/mol. The van der Waals surface area contributed by atoms with E-state index in [-0.39, 0.29) is 0 Å². The van der Waals surface area contributed by atoms with E-state index in [2.05, 4.69) is 16.5 Å². The Balaban J connectivity index is 2.47. The molecule has 0 aliphatic rings. The molecule has 0 atom stereocenters. The zero-order valence-electron chi connectivity index (χ0n) is 8.77. The summed E-state index contributed by atoms with van der Waals surface area (Å²) in [6.07, 6.45) is 1.55. The lowest BCUT2D eigenvalue weighted by Gasteiger charge is -2.00. The molecule has 0 spiro atoms. The van der Waals surface area contributed by atoms with E-state index in [4.69, 9.17) is 5.26 Å². The molecule has 2 rings (SSSR count). The van der Waals surface area contributed by atoms with Gasteiger partial charge in [-0.1, -0.05) is 6.58 Å². The van der Waals surface area contributed by atoms with E-state index in [0.717, 1.165) is 21.8 Å². The molecule has 16 heavy (non-hydrogen) atoms. The number of aromatic nitrogens is 2. The Labute approximate surface area is 97.7 Å². The van der Waals surface area contributed by atoms with E-state index >= 15 is 0 Å². The molecule has 0 saturated heterocycles. The van der Waals surface area contributed by atoms with Crippen molar-refractivity contribution in [2.75, 3.05) is 0 Å². The van der Waals surface area contributed by atoms with Crippen LogP contribution in [0.2, 0.25) is 0 Å². The van der Waals surface area contributed by atoms with Crippen LogP contribution in [0.25, 0.3) is 17.0 Å². The van der Waals surface area contributed by atoms with Crippen molar-refractivity contribution in [1.82, 2.24) is 9.97 Å². The van der Waals surface area contributed by atoms with Gasteiger partial charge in [0.2, 0.25) is 0 Å². The van der Waals surface area contributed by atoms with Crippen molar-refractivity contribution < 1.29 is 0 Å². The summed E-state index contributed by atoms with van der Waals surface area (Å²) >= 11 is 1.55. The Bertz CT molecular complexity index is 561. The third-order valence-electron chi connectivity index (χ3n) is 2.09. The van der Waals surface area contributed by atoms with Crippen molar-refractivity contribution in [3.63, 3.8) is 0 Å². The van der Waals surface area contributed by atoms with Crippen LogP contribution in [0.5, 0.6) is 0 Å². The first-order valence-electron chi connectivity index (χ1n) is 4.68. The Morgan fingerprint density at radius 1 is 1.44 bits per heavy atom. The monoisotopic (exact) mass is 227 g/mol. The van der Waals surface area contributed by atoms with Crippen LogP contribution in [-0.2, 0) is 0 Å². The molecule has 78 valence electrons. The molecule has 0 radical (unpaired) electrons. The second kappa shape index (κ2) is 4.25. The average molecular weight is 227 g/mol. The van der Waals surface area contributed by atoms with Crippen LogP contribution in [0.1, 0.15) is 17.4 Å². The quantitative estimate of drug-likeness (QED) is 0.792. The van der Waals surface area contributed by atoms with Gasteiger partial charge in [-0.3, -0.25) is 4.98 Å². The molecule has 0 fully saturated rings. The first kappa shape index (κ1) is 10.5. The molecule has 0 N–H and O–H groups in total. The maximum Gasteiger partial charge on any atom is 0.107 e. The van der Waals surface area contributed by atoms with Gasteiger partial charge in [-0.05, 0) is 24.6 Å². The Kier molecular flexibility index (Phi) is 2.80. The van der Waals surface area contributed by atoms with E-state index < -0.39 is 0 Å². The number of thiazole rings is 1. The minimum atomic E-state index is 0.552. The first-order chi connectivity index (χ1) is 7.72. The fraction of sp³-hybridized carbons (Fsp3) is 0.0833. The molecule has 2 heterocycles. The van der Waals surface area contributed by atoms with Gasteiger partial charge in [-0.2, -0.15) is 5.26 Å². The molecule has 0 saturated carbocycles. The van der Waals surface area contributed by atoms with Crippen molar-refractivity contribution in [2.45, 2.75) is 6.92 Å². The van der Waals surface area contributed by atoms with Gasteiger partial charge in [0, 0.05) is 6.20 Å². The van der Waals surface area contributed by atoms with Crippen molar-refractivity contribution in [1.29, 1.82) is 5.26 Å². The van der Waals surface area contributed by atoms with Gasteiger partial charge in [0.05, 0.1) is 21.6 Å². The highest BCUT2D eigenvalue weighted by Crippen LogP contribution is 2.28. The van der Waals surface area contributed by atoms with Crippen LogP contribution >= 0.6 is 11.3 Å². The van der Waals surface area contributed by atoms with Crippen molar-refractivity contribution in [2.24, 2.45) is 0 Å². The lowest BCUT2D eigenvalue weighted by atomic mass is 10.1. The van der Waals surface area contributed by atoms with Gasteiger partial charge in [0.15, 0.2) is 0 Å². The topological polar surface area (TPSA) is 49.6 Å². The summed E-state index contributed by atoms with van der Waals surface area (Å²) in [4.78, 5) is 9.53. The van der Waals surface area contributed by atoms with Crippen LogP contribution in [-0.4, -0.2) is 9.97 Å². The fourth-order valence-electron chi connectivity index (χ4n) is 1.33. The normalized spacial score (nSPS) is 9.75. The van der Waals surface area contributed by atoms with E-state index in [1.807, 2.05) is 13.0 Å². The average Bonchev–Trinajstić information content (AvgIpc) is 2.78. The van der Waals surface area contributed by atoms with Crippen LogP contribution in [0.3, 0.4) is 0 Å². The van der Waals surface area contributed by atoms with E-state index in [0.29, 0.717) is 5.56 Å². The van der Waals surface area contributed by atoms with Crippen LogP contribution < -0.4 is 0 Å². The summed E-state index contributed by atoms with van der Waals surface area (Å²) in [5.74, 6) is 0. The van der Waals surface area contributed by atoms with Gasteiger partial charge in [-0.15, -0.1) is 11.3 Å². The van der Waals surface area contributed by atoms with E-state index in [1.54, 1.807) is 35.2 Å². The first-order valence-corrected chi connectivity index (χ1v) is 5.56. The highest BCUT2D eigenvalue weighted by atomic mass is 32.1. The van der Waals surface area contributed by atoms with E-state index in [9.17, 15) is 0 Å². The zero-order chi connectivity index (χ0) is 11.5. The van der Waals surface area contributed by atoms with Crippen molar-refractivity contribution in [3.05, 3.63) is 40.9 Å². The Morgan fingerprint density at radius 3 is 2.81 bits per heavy atom. The molecule has 0 amide bonds. The van der Waals surface area contributed by atoms with Gasteiger partial charge >= 0.3 is 0 Å². The summed E-state index contributed by atoms with van der Waals surface area (Å²) in [6.45, 7) is 5.85. The SMILES string of the molecule is C=C(C)c1scnc1-c1ccc(C#N)cn1. The van der Waals surface area contributed by atoms with Crippen molar-refractivity contribution >= 4 is 16.9 Å². The summed E-state index contributed by atoms with van der Waals surface area (Å²) in [6, 6.07) is 5.58. The molecule has 2 aromatic heterocycles. The number of allylic oxidation sites excluding steroid dienone is 1. The lowest BCUT2D eigenvalue weighted by Crippen LogP contribution is -1.87. The number of pyridine rings is 1. The molecule has 0 bridgehead atoms. The third kappa shape index (κ3) is 1.86. The highest BCUT2D eigenvalue weighted by molar-refractivity contribution is 7.11. The van der Waals surface area contributed by atoms with Crippen LogP contribution in [0.4, 0.5) is 0 Å². The van der Waals surface area contributed by atoms with Gasteiger partial charge in [0.1, 0.15) is 11.8 Å². The summed E-state index contributed by atoms with van der Waals surface area (Å²) < 4.78 is 0. The molecule has 0 aliphatic heterocycles. The molecule has 4 heteroatoms. The van der Waals surface area contributed by atoms with Gasteiger partial charge in [-0.25, -0.2) is 4.98 Å². The van der Waals surface area contributed by atoms with Crippen molar-refractivity contribution in [3.8, 4) is 17.5 Å². The number of hydrogen-bond acceptors (Lipinski definition) is 4. The number of nitriles is 1. The van der Waals surface area contributed by atoms with E-state index in [1.165, 1.54) is 0 Å². The molecular weight excluding hydrogens is 218 g/mol. The zero-order valence-corrected chi connectivity index (χ0v) is 9.58. The van der Waals surface area contributed by atoms with Crippen LogP contribution in [0, 0.1) is 11.3 Å². The number of nitrogens with zero attached hydrogens (tertiary/aromatic N) is 3. The predicted octanol–water partition coefficient (Wildman–Crippen LogP) is 3.11. The molecule has 0 aromatic carbocycles. The lowest BCUT2D eigenvalue weighted by molar-refractivity contribution is 1.26. The highest BCUT2D eigenvalue weighted by Gasteiger charge is 2.10. The largest absolute Gasteiger partial charge is 0.253 e. The standard InChI is InChI=1S/C12H9N3S/c1-8(2)12-11(15-7-16-12)10-4-3-9(5-13)6-14-10/h3-4,6-7H,1H2,2H3. The van der Waals surface area contributed by atoms with Crippen LogP contribution in [0.15, 0.2) is 30.4 Å². The smallest absolute Gasteiger partial charge is 0.107 e. The third-order valence-corrected chi connectivity index (χ3v) is 3.08. The molecular formula is C12H9N3S. The van der Waals surface area contributed by atoms with Gasteiger partial charge in [0.25, 0.3) is 0 Å². The maximum atomic E-state index is 8.68. The summed E-state index contributed by atoms with van der Waals surface area (Å²) in [5.41, 5.74) is 4.92. The minimum Gasteiger partial charge on any atom is -0.253 e. The Hall–Kier alpha value is -1.99. The second-order valence-corrected chi connectivity index (χ2v) is 4.21.